The first-order valence-corrected chi connectivity index (χ1v) is 11.7. The molecular formula is C27H25N3O3. The van der Waals surface area contributed by atoms with Crippen LogP contribution in [0.3, 0.4) is 0 Å². The van der Waals surface area contributed by atoms with Gasteiger partial charge in [0, 0.05) is 33.8 Å². The number of fused-ring (bicyclic) bond motifs is 5. The van der Waals surface area contributed by atoms with Crippen LogP contribution >= 0.6 is 0 Å². The molecule has 0 aliphatic heterocycles. The average molecular weight is 440 g/mol. The van der Waals surface area contributed by atoms with Crippen LogP contribution in [-0.2, 0) is 4.79 Å². The molecule has 6 nitrogen and oxygen atoms in total. The molecule has 1 fully saturated rings. The zero-order valence-electron chi connectivity index (χ0n) is 18.3. The number of rotatable bonds is 4. The lowest BCUT2D eigenvalue weighted by atomic mass is 10.1. The highest BCUT2D eigenvalue weighted by Gasteiger charge is 2.19. The Labute approximate surface area is 190 Å². The Kier molecular flexibility index (Phi) is 4.86. The molecule has 33 heavy (non-hydrogen) atoms. The van der Waals surface area contributed by atoms with Gasteiger partial charge in [-0.15, -0.1) is 0 Å². The molecule has 0 saturated heterocycles. The molecule has 3 heterocycles. The van der Waals surface area contributed by atoms with Crippen LogP contribution in [0.1, 0.15) is 38.5 Å². The van der Waals surface area contributed by atoms with E-state index in [0.717, 1.165) is 45.6 Å². The second-order valence-corrected chi connectivity index (χ2v) is 8.97. The molecule has 5 aromatic rings. The summed E-state index contributed by atoms with van der Waals surface area (Å²) >= 11 is 0. The van der Waals surface area contributed by atoms with Gasteiger partial charge in [-0.25, -0.2) is 0 Å². The fraction of sp³-hybridized carbons (Fsp3) is 0.296. The Hall–Kier alpha value is -3.67. The topological polar surface area (TPSA) is 72.7 Å². The predicted molar refractivity (Wildman–Crippen MR) is 130 cm³/mol. The summed E-state index contributed by atoms with van der Waals surface area (Å²) in [7, 11) is 0. The van der Waals surface area contributed by atoms with Crippen LogP contribution in [0.25, 0.3) is 38.1 Å². The summed E-state index contributed by atoms with van der Waals surface area (Å²) in [4.78, 5) is 30.4. The Morgan fingerprint density at radius 3 is 2.58 bits per heavy atom. The van der Waals surface area contributed by atoms with Gasteiger partial charge in [0.05, 0.1) is 16.6 Å². The highest BCUT2D eigenvalue weighted by atomic mass is 16.5. The van der Waals surface area contributed by atoms with Gasteiger partial charge < -0.3 is 10.1 Å². The number of aromatic nitrogens is 2. The monoisotopic (exact) mass is 439 g/mol. The molecule has 166 valence electrons. The fourth-order valence-corrected chi connectivity index (χ4v) is 5.28. The van der Waals surface area contributed by atoms with Gasteiger partial charge in [-0.2, -0.15) is 0 Å². The minimum Gasteiger partial charge on any atom is -0.484 e. The number of pyridine rings is 2. The zero-order valence-corrected chi connectivity index (χ0v) is 18.3. The van der Waals surface area contributed by atoms with Crippen LogP contribution in [0.2, 0.25) is 0 Å². The van der Waals surface area contributed by atoms with E-state index in [9.17, 15) is 9.59 Å². The van der Waals surface area contributed by atoms with Crippen LogP contribution in [-0.4, -0.2) is 27.9 Å². The van der Waals surface area contributed by atoms with E-state index in [1.165, 1.54) is 25.7 Å². The number of carbonyl (C=O) groups is 1. The van der Waals surface area contributed by atoms with E-state index in [1.54, 1.807) is 10.6 Å². The van der Waals surface area contributed by atoms with Gasteiger partial charge in [0.1, 0.15) is 5.75 Å². The second kappa shape index (κ2) is 8.03. The van der Waals surface area contributed by atoms with Crippen LogP contribution in [0, 0.1) is 0 Å². The van der Waals surface area contributed by atoms with Crippen LogP contribution < -0.4 is 15.6 Å². The third-order valence-electron chi connectivity index (χ3n) is 6.85. The van der Waals surface area contributed by atoms with Gasteiger partial charge >= 0.3 is 0 Å². The first kappa shape index (κ1) is 20.0. The summed E-state index contributed by atoms with van der Waals surface area (Å²) in [6.45, 7) is -0.0160. The van der Waals surface area contributed by atoms with Crippen LogP contribution in [0.15, 0.2) is 59.5 Å². The van der Waals surface area contributed by atoms with Gasteiger partial charge in [0.15, 0.2) is 6.61 Å². The molecule has 1 aliphatic carbocycles. The van der Waals surface area contributed by atoms with Crippen molar-refractivity contribution in [2.45, 2.75) is 44.6 Å². The molecule has 0 unspecified atom stereocenters. The molecule has 1 saturated carbocycles. The Morgan fingerprint density at radius 1 is 0.970 bits per heavy atom. The first-order valence-electron chi connectivity index (χ1n) is 11.7. The Morgan fingerprint density at radius 2 is 1.76 bits per heavy atom. The van der Waals surface area contributed by atoms with Crippen molar-refractivity contribution in [1.82, 2.24) is 14.7 Å². The van der Waals surface area contributed by atoms with Crippen molar-refractivity contribution < 1.29 is 9.53 Å². The number of carbonyl (C=O) groups excluding carboxylic acids is 1. The van der Waals surface area contributed by atoms with Gasteiger partial charge in [-0.05, 0) is 43.2 Å². The van der Waals surface area contributed by atoms with Crippen molar-refractivity contribution in [2.75, 3.05) is 6.61 Å². The van der Waals surface area contributed by atoms with Gasteiger partial charge in [-0.1, -0.05) is 43.9 Å². The lowest BCUT2D eigenvalue weighted by Gasteiger charge is -2.16. The standard InChI is InChI=1S/C27H25N3O3/c31-24(29-17-7-3-1-2-4-8-17)16-33-18-11-12-23-22(15-18)20-13-14-28-25-19-9-5-6-10-21(19)27(32)30(23)26(20)25/h5-6,9-15,17H,1-4,7-8,16H2,(H,29,31). The Bertz CT molecular complexity index is 1550. The lowest BCUT2D eigenvalue weighted by molar-refractivity contribution is -0.123. The summed E-state index contributed by atoms with van der Waals surface area (Å²) in [5.41, 5.74) is 2.39. The molecule has 0 radical (unpaired) electrons. The predicted octanol–water partition coefficient (Wildman–Crippen LogP) is 4.81. The molecule has 6 rings (SSSR count). The van der Waals surface area contributed by atoms with Gasteiger partial charge in [0.25, 0.3) is 11.5 Å². The SMILES string of the molecule is O=C(COc1ccc2c(c1)c1ccnc3c4ccccc4c(=O)n2c13)NC1CCCCCC1. The molecule has 0 bridgehead atoms. The van der Waals surface area contributed by atoms with Crippen molar-refractivity contribution in [3.8, 4) is 5.75 Å². The quantitative estimate of drug-likeness (QED) is 0.322. The average Bonchev–Trinajstić information content (AvgIpc) is 2.97. The van der Waals surface area contributed by atoms with E-state index < -0.39 is 0 Å². The number of ether oxygens (including phenoxy) is 1. The normalized spacial score (nSPS) is 15.4. The number of hydrogen-bond acceptors (Lipinski definition) is 4. The van der Waals surface area contributed by atoms with Crippen molar-refractivity contribution in [3.63, 3.8) is 0 Å². The maximum atomic E-state index is 13.3. The minimum absolute atomic E-state index is 0.0160. The third-order valence-corrected chi connectivity index (χ3v) is 6.85. The van der Waals surface area contributed by atoms with Crippen molar-refractivity contribution in [1.29, 1.82) is 0 Å². The molecule has 1 amide bonds. The molecule has 0 spiro atoms. The van der Waals surface area contributed by atoms with Crippen molar-refractivity contribution in [2.24, 2.45) is 0 Å². The lowest BCUT2D eigenvalue weighted by Crippen LogP contribution is -2.37. The molecule has 1 N–H and O–H groups in total. The Balaban J connectivity index is 1.35. The number of nitrogens with one attached hydrogen (secondary N) is 1. The fourth-order valence-electron chi connectivity index (χ4n) is 5.28. The smallest absolute Gasteiger partial charge is 0.263 e. The number of hydrogen-bond donors (Lipinski definition) is 1. The molecular weight excluding hydrogens is 414 g/mol. The second-order valence-electron chi connectivity index (χ2n) is 8.97. The number of amides is 1. The summed E-state index contributed by atoms with van der Waals surface area (Å²) in [6, 6.07) is 15.4. The highest BCUT2D eigenvalue weighted by molar-refractivity contribution is 6.18. The van der Waals surface area contributed by atoms with Crippen LogP contribution in [0.5, 0.6) is 5.75 Å². The third kappa shape index (κ3) is 3.37. The summed E-state index contributed by atoms with van der Waals surface area (Å²) in [5.74, 6) is 0.527. The maximum absolute atomic E-state index is 13.3. The van der Waals surface area contributed by atoms with Crippen molar-refractivity contribution in [3.05, 3.63) is 65.1 Å². The van der Waals surface area contributed by atoms with Gasteiger partial charge in [0.2, 0.25) is 0 Å². The largest absolute Gasteiger partial charge is 0.484 e. The minimum atomic E-state index is -0.0838. The summed E-state index contributed by atoms with van der Waals surface area (Å²) in [5, 5.41) is 6.49. The molecule has 0 atom stereocenters. The highest BCUT2D eigenvalue weighted by Crippen LogP contribution is 2.34. The molecule has 6 heteroatoms. The van der Waals surface area contributed by atoms with Crippen LogP contribution in [0.4, 0.5) is 0 Å². The number of benzene rings is 2. The van der Waals surface area contributed by atoms with E-state index in [0.29, 0.717) is 11.1 Å². The first-order chi connectivity index (χ1) is 16.2. The van der Waals surface area contributed by atoms with E-state index in [2.05, 4.69) is 10.3 Å². The van der Waals surface area contributed by atoms with Gasteiger partial charge in [-0.3, -0.25) is 19.0 Å². The van der Waals surface area contributed by atoms with E-state index in [1.807, 2.05) is 48.5 Å². The molecule has 2 aromatic carbocycles. The summed E-state index contributed by atoms with van der Waals surface area (Å²) < 4.78 is 7.60. The zero-order chi connectivity index (χ0) is 22.4. The van der Waals surface area contributed by atoms with E-state index >= 15 is 0 Å². The van der Waals surface area contributed by atoms with E-state index in [-0.39, 0.29) is 24.1 Å². The van der Waals surface area contributed by atoms with E-state index in [4.69, 9.17) is 4.74 Å². The molecule has 3 aromatic heterocycles. The molecule has 1 aliphatic rings. The maximum Gasteiger partial charge on any atom is 0.263 e. The summed E-state index contributed by atoms with van der Waals surface area (Å²) in [6.07, 6.45) is 8.72. The van der Waals surface area contributed by atoms with Crippen molar-refractivity contribution >= 4 is 44.0 Å². The number of nitrogens with zero attached hydrogens (tertiary/aromatic N) is 2.